The molecular formula is C42H62N6O6S. The Hall–Kier alpha value is -3.26. The fraction of sp³-hybridized carbons (Fsp3) is 0.690. The van der Waals surface area contributed by atoms with E-state index in [9.17, 15) is 23.3 Å². The average Bonchev–Trinajstić information content (AvgIpc) is 3.15. The minimum absolute atomic E-state index is 0.196. The summed E-state index contributed by atoms with van der Waals surface area (Å²) in [7, 11) is -4.36. The Balaban J connectivity index is 0.915. The van der Waals surface area contributed by atoms with Crippen molar-refractivity contribution in [3.63, 3.8) is 0 Å². The van der Waals surface area contributed by atoms with E-state index >= 15 is 0 Å². The molecule has 2 heterocycles. The largest absolute Gasteiger partial charge is 0.381 e. The van der Waals surface area contributed by atoms with Crippen molar-refractivity contribution in [1.82, 2.24) is 14.9 Å². The van der Waals surface area contributed by atoms with E-state index in [4.69, 9.17) is 4.74 Å². The molecule has 8 rings (SSSR count). The Labute approximate surface area is 327 Å². The van der Waals surface area contributed by atoms with Crippen LogP contribution in [0.4, 0.5) is 17.1 Å². The van der Waals surface area contributed by atoms with Crippen LogP contribution < -0.4 is 20.3 Å². The van der Waals surface area contributed by atoms with Gasteiger partial charge < -0.3 is 20.3 Å². The standard InChI is InChI=1S/C42H62N6O6S/c1-28-35-22-32(42(35,4)5)23-38(28)44-36-12-15-41(2,3)25-31(36)27-46-16-18-47(19-17-46)33-8-6-30(7-9-33)40(49)45-55(52,53)34-10-11-37(39(24-34)48(50)51)43-26-29-13-20-54-21-14-29/h6-11,24,28-29,31-32,35-36,38,43-44H,12-23,25-27H2,1-5H3,(H,45,49)/t28-,31?,32-,35-,36?,38+/m1/s1. The summed E-state index contributed by atoms with van der Waals surface area (Å²) in [4.78, 5) is 29.0. The fourth-order valence-corrected chi connectivity index (χ4v) is 11.6. The monoisotopic (exact) mass is 778 g/mol. The van der Waals surface area contributed by atoms with Crippen molar-refractivity contribution in [3.8, 4) is 0 Å². The smallest absolute Gasteiger partial charge is 0.293 e. The number of benzene rings is 2. The molecule has 1 amide bonds. The number of carbonyl (C=O) groups is 1. The number of nitro benzene ring substituents is 1. The van der Waals surface area contributed by atoms with Crippen LogP contribution in [0.2, 0.25) is 0 Å². The van der Waals surface area contributed by atoms with Gasteiger partial charge in [-0.25, -0.2) is 13.1 Å². The zero-order valence-corrected chi connectivity index (χ0v) is 34.2. The first-order valence-electron chi connectivity index (χ1n) is 20.6. The van der Waals surface area contributed by atoms with Gasteiger partial charge in [-0.3, -0.25) is 19.8 Å². The van der Waals surface area contributed by atoms with Crippen molar-refractivity contribution in [2.75, 3.05) is 62.7 Å². The van der Waals surface area contributed by atoms with Crippen molar-refractivity contribution in [2.24, 2.45) is 40.4 Å². The average molecular weight is 779 g/mol. The summed E-state index contributed by atoms with van der Waals surface area (Å²) in [5, 5.41) is 19.2. The van der Waals surface area contributed by atoms with Crippen LogP contribution in [0.3, 0.4) is 0 Å². The molecule has 2 bridgehead atoms. The first-order valence-corrected chi connectivity index (χ1v) is 22.1. The third kappa shape index (κ3) is 8.84. The molecule has 6 aliphatic rings. The van der Waals surface area contributed by atoms with Crippen molar-refractivity contribution in [1.29, 1.82) is 0 Å². The maximum atomic E-state index is 13.2. The number of rotatable bonds is 12. The number of piperazine rings is 1. The van der Waals surface area contributed by atoms with E-state index < -0.39 is 20.9 Å². The van der Waals surface area contributed by atoms with Crippen LogP contribution in [0.15, 0.2) is 47.4 Å². The number of nitrogens with zero attached hydrogens (tertiary/aromatic N) is 3. The van der Waals surface area contributed by atoms with Gasteiger partial charge in [0.25, 0.3) is 21.6 Å². The molecule has 12 nitrogen and oxygen atoms in total. The highest BCUT2D eigenvalue weighted by atomic mass is 32.2. The normalized spacial score (nSPS) is 29.6. The number of ether oxygens (including phenoxy) is 1. The van der Waals surface area contributed by atoms with Crippen molar-refractivity contribution in [2.45, 2.75) is 96.5 Å². The van der Waals surface area contributed by atoms with Crippen LogP contribution in [0.1, 0.15) is 89.9 Å². The molecule has 3 N–H and O–H groups in total. The predicted octanol–water partition coefficient (Wildman–Crippen LogP) is 6.53. The summed E-state index contributed by atoms with van der Waals surface area (Å²) < 4.78 is 33.9. The molecule has 0 aromatic heterocycles. The van der Waals surface area contributed by atoms with Gasteiger partial charge >= 0.3 is 0 Å². The van der Waals surface area contributed by atoms with Crippen LogP contribution in [-0.2, 0) is 14.8 Å². The Bertz CT molecular complexity index is 1800. The highest BCUT2D eigenvalue weighted by molar-refractivity contribution is 7.90. The van der Waals surface area contributed by atoms with Crippen molar-refractivity contribution >= 4 is 33.0 Å². The predicted molar refractivity (Wildman–Crippen MR) is 216 cm³/mol. The lowest BCUT2D eigenvalue weighted by molar-refractivity contribution is -0.384. The first kappa shape index (κ1) is 40.0. The van der Waals surface area contributed by atoms with Crippen LogP contribution in [0, 0.1) is 50.5 Å². The third-order valence-corrected chi connectivity index (χ3v) is 15.6. The summed E-state index contributed by atoms with van der Waals surface area (Å²) in [5.41, 5.74) is 1.93. The maximum Gasteiger partial charge on any atom is 0.293 e. The molecule has 0 radical (unpaired) electrons. The first-order chi connectivity index (χ1) is 26.1. The van der Waals surface area contributed by atoms with E-state index in [1.165, 1.54) is 44.2 Å². The summed E-state index contributed by atoms with van der Waals surface area (Å²) in [5.74, 6) is 2.59. The fourth-order valence-electron chi connectivity index (χ4n) is 10.6. The number of nitro groups is 1. The van der Waals surface area contributed by atoms with E-state index in [0.717, 1.165) is 75.1 Å². The maximum absolute atomic E-state index is 13.2. The van der Waals surface area contributed by atoms with Crippen LogP contribution in [-0.4, -0.2) is 88.7 Å². The van der Waals surface area contributed by atoms with Gasteiger partial charge in [0.1, 0.15) is 5.69 Å². The molecule has 6 fully saturated rings. The van der Waals surface area contributed by atoms with Gasteiger partial charge in [0.15, 0.2) is 0 Å². The van der Waals surface area contributed by atoms with Gasteiger partial charge in [-0.1, -0.05) is 34.6 Å². The van der Waals surface area contributed by atoms with Gasteiger partial charge in [0, 0.05) is 81.9 Å². The lowest BCUT2D eigenvalue weighted by atomic mass is 9.44. The number of fused-ring (bicyclic) bond motifs is 2. The zero-order valence-electron chi connectivity index (χ0n) is 33.4. The van der Waals surface area contributed by atoms with E-state index in [-0.39, 0.29) is 21.8 Å². The van der Waals surface area contributed by atoms with Gasteiger partial charge in [-0.05, 0) is 122 Å². The molecule has 302 valence electrons. The molecule has 6 atom stereocenters. The number of nitrogens with one attached hydrogen (secondary N) is 3. The molecule has 2 aromatic rings. The molecule has 55 heavy (non-hydrogen) atoms. The van der Waals surface area contributed by atoms with E-state index in [2.05, 4.69) is 59.8 Å². The van der Waals surface area contributed by atoms with Gasteiger partial charge in [-0.15, -0.1) is 0 Å². The summed E-state index contributed by atoms with van der Waals surface area (Å²) >= 11 is 0. The third-order valence-electron chi connectivity index (χ3n) is 14.3. The molecule has 4 saturated carbocycles. The Morgan fingerprint density at radius 1 is 0.964 bits per heavy atom. The lowest BCUT2D eigenvalue weighted by Crippen LogP contribution is -2.62. The molecule has 2 unspecified atom stereocenters. The van der Waals surface area contributed by atoms with Crippen molar-refractivity contribution in [3.05, 3.63) is 58.1 Å². The number of anilines is 2. The van der Waals surface area contributed by atoms with Gasteiger partial charge in [0.05, 0.1) is 9.82 Å². The number of hydrogen-bond acceptors (Lipinski definition) is 10. The number of carbonyl (C=O) groups excluding carboxylic acids is 1. The molecule has 2 aliphatic heterocycles. The second kappa shape index (κ2) is 15.9. The highest BCUT2D eigenvalue weighted by Crippen LogP contribution is 2.61. The number of hydrogen-bond donors (Lipinski definition) is 3. The molecule has 2 aromatic carbocycles. The molecule has 2 saturated heterocycles. The Morgan fingerprint density at radius 2 is 1.67 bits per heavy atom. The second-order valence-corrected chi connectivity index (χ2v) is 20.3. The molecule has 13 heteroatoms. The summed E-state index contributed by atoms with van der Waals surface area (Å²) in [6.45, 7) is 19.0. The Kier molecular flexibility index (Phi) is 11.6. The SMILES string of the molecule is C[C@H]1[C@@H](NC2CCC(C)(C)CC2CN2CCN(c3ccc(C(=O)NS(=O)(=O)c4ccc(NCC5CCOCC5)c([N+](=O)[O-])c4)cc3)CC2)C[C@H]2C[C@H]1C2(C)C. The minimum atomic E-state index is -4.36. The quantitative estimate of drug-likeness (QED) is 0.161. The van der Waals surface area contributed by atoms with Crippen LogP contribution in [0.25, 0.3) is 0 Å². The molecular weight excluding hydrogens is 717 g/mol. The Morgan fingerprint density at radius 3 is 2.33 bits per heavy atom. The number of sulfonamides is 1. The van der Waals surface area contributed by atoms with Crippen molar-refractivity contribution < 1.29 is 22.9 Å². The van der Waals surface area contributed by atoms with Crippen LogP contribution >= 0.6 is 0 Å². The van der Waals surface area contributed by atoms with E-state index in [1.54, 1.807) is 12.1 Å². The second-order valence-electron chi connectivity index (χ2n) is 18.6. The number of amides is 1. The van der Waals surface area contributed by atoms with Gasteiger partial charge in [0.2, 0.25) is 0 Å². The van der Waals surface area contributed by atoms with Crippen LogP contribution in [0.5, 0.6) is 0 Å². The lowest BCUT2D eigenvalue weighted by Gasteiger charge is -2.63. The summed E-state index contributed by atoms with van der Waals surface area (Å²) in [6.07, 6.45) is 8.22. The molecule has 4 aliphatic carbocycles. The van der Waals surface area contributed by atoms with Gasteiger partial charge in [-0.2, -0.15) is 0 Å². The summed E-state index contributed by atoms with van der Waals surface area (Å²) in [6, 6.07) is 11.9. The van der Waals surface area contributed by atoms with E-state index in [0.29, 0.717) is 54.5 Å². The molecule has 0 spiro atoms. The minimum Gasteiger partial charge on any atom is -0.381 e. The highest BCUT2D eigenvalue weighted by Gasteiger charge is 2.56. The van der Waals surface area contributed by atoms with E-state index in [1.807, 2.05) is 12.1 Å². The zero-order chi connectivity index (χ0) is 39.1. The topological polar surface area (TPSA) is 146 Å².